The summed E-state index contributed by atoms with van der Waals surface area (Å²) in [6.07, 6.45) is 2.50. The monoisotopic (exact) mass is 305 g/mol. The highest BCUT2D eigenvalue weighted by Gasteiger charge is 2.20. The van der Waals surface area contributed by atoms with Crippen molar-refractivity contribution < 1.29 is 9.13 Å². The fourth-order valence-corrected chi connectivity index (χ4v) is 2.29. The standard InChI is InChI=1S/C17H17ClFNO/c18-14-6-5-13(16(19)9-14)11-21-17-4-2-1-3-12(17)10-20-15-7-8-15/h1-6,9,15,20H,7-8,10-11H2. The smallest absolute Gasteiger partial charge is 0.131 e. The van der Waals surface area contributed by atoms with Gasteiger partial charge in [-0.05, 0) is 31.0 Å². The number of para-hydroxylation sites is 1. The molecule has 1 N–H and O–H groups in total. The Morgan fingerprint density at radius 2 is 1.95 bits per heavy atom. The topological polar surface area (TPSA) is 21.3 Å². The Labute approximate surface area is 128 Å². The molecule has 2 aromatic carbocycles. The van der Waals surface area contributed by atoms with Crippen LogP contribution in [0.1, 0.15) is 24.0 Å². The molecule has 0 aromatic heterocycles. The molecular formula is C17H17ClFNO. The SMILES string of the molecule is Fc1cc(Cl)ccc1COc1ccccc1CNC1CC1. The predicted octanol–water partition coefficient (Wildman–Crippen LogP) is 4.31. The van der Waals surface area contributed by atoms with Gasteiger partial charge >= 0.3 is 0 Å². The Bertz CT molecular complexity index is 628. The third-order valence-corrected chi connectivity index (χ3v) is 3.76. The Morgan fingerprint density at radius 3 is 2.71 bits per heavy atom. The van der Waals surface area contributed by atoms with Crippen molar-refractivity contribution in [2.75, 3.05) is 0 Å². The van der Waals surface area contributed by atoms with Gasteiger partial charge in [-0.3, -0.25) is 0 Å². The zero-order valence-corrected chi connectivity index (χ0v) is 12.4. The van der Waals surface area contributed by atoms with E-state index >= 15 is 0 Å². The second kappa shape index (κ2) is 6.46. The van der Waals surface area contributed by atoms with Crippen LogP contribution in [-0.4, -0.2) is 6.04 Å². The Balaban J connectivity index is 1.66. The number of hydrogen-bond donors (Lipinski definition) is 1. The molecule has 0 atom stereocenters. The number of ether oxygens (including phenoxy) is 1. The van der Waals surface area contributed by atoms with Gasteiger partial charge in [0.15, 0.2) is 0 Å². The normalized spacial score (nSPS) is 14.2. The summed E-state index contributed by atoms with van der Waals surface area (Å²) >= 11 is 5.75. The molecule has 4 heteroatoms. The first kappa shape index (κ1) is 14.4. The van der Waals surface area contributed by atoms with Crippen molar-refractivity contribution in [1.29, 1.82) is 0 Å². The Kier molecular flexibility index (Phi) is 4.42. The van der Waals surface area contributed by atoms with E-state index in [0.717, 1.165) is 17.9 Å². The van der Waals surface area contributed by atoms with Crippen molar-refractivity contribution in [3.63, 3.8) is 0 Å². The summed E-state index contributed by atoms with van der Waals surface area (Å²) in [6, 6.07) is 13.1. The molecule has 0 aliphatic heterocycles. The van der Waals surface area contributed by atoms with Gasteiger partial charge in [-0.1, -0.05) is 35.9 Å². The highest BCUT2D eigenvalue weighted by Crippen LogP contribution is 2.24. The molecule has 110 valence electrons. The van der Waals surface area contributed by atoms with Crippen LogP contribution >= 0.6 is 11.6 Å². The molecule has 2 nitrogen and oxygen atoms in total. The van der Waals surface area contributed by atoms with Crippen LogP contribution in [0, 0.1) is 5.82 Å². The molecule has 1 fully saturated rings. The first-order chi connectivity index (χ1) is 10.2. The molecule has 0 bridgehead atoms. The second-order valence-electron chi connectivity index (χ2n) is 5.29. The van der Waals surface area contributed by atoms with E-state index in [2.05, 4.69) is 5.32 Å². The maximum Gasteiger partial charge on any atom is 0.131 e. The highest BCUT2D eigenvalue weighted by atomic mass is 35.5. The fraction of sp³-hybridized carbons (Fsp3) is 0.294. The molecule has 2 aromatic rings. The van der Waals surface area contributed by atoms with Crippen LogP contribution in [0.5, 0.6) is 5.75 Å². The van der Waals surface area contributed by atoms with Gasteiger partial charge in [0.25, 0.3) is 0 Å². The molecule has 21 heavy (non-hydrogen) atoms. The van der Waals surface area contributed by atoms with Gasteiger partial charge in [-0.2, -0.15) is 0 Å². The average molecular weight is 306 g/mol. The van der Waals surface area contributed by atoms with Crippen LogP contribution in [0.3, 0.4) is 0 Å². The van der Waals surface area contributed by atoms with Crippen LogP contribution in [0.25, 0.3) is 0 Å². The Hall–Kier alpha value is -1.58. The van der Waals surface area contributed by atoms with Crippen molar-refractivity contribution in [1.82, 2.24) is 5.32 Å². The summed E-state index contributed by atoms with van der Waals surface area (Å²) < 4.78 is 19.5. The van der Waals surface area contributed by atoms with Gasteiger partial charge in [0.2, 0.25) is 0 Å². The lowest BCUT2D eigenvalue weighted by atomic mass is 10.2. The highest BCUT2D eigenvalue weighted by molar-refractivity contribution is 6.30. The van der Waals surface area contributed by atoms with Crippen molar-refractivity contribution in [2.24, 2.45) is 0 Å². The number of benzene rings is 2. The Morgan fingerprint density at radius 1 is 1.14 bits per heavy atom. The minimum Gasteiger partial charge on any atom is -0.488 e. The van der Waals surface area contributed by atoms with Crippen LogP contribution < -0.4 is 10.1 Å². The quantitative estimate of drug-likeness (QED) is 0.858. The summed E-state index contributed by atoms with van der Waals surface area (Å²) in [4.78, 5) is 0. The van der Waals surface area contributed by atoms with Crippen LogP contribution in [0.15, 0.2) is 42.5 Å². The molecule has 0 spiro atoms. The molecular weight excluding hydrogens is 289 g/mol. The fourth-order valence-electron chi connectivity index (χ4n) is 2.13. The van der Waals surface area contributed by atoms with E-state index in [1.165, 1.54) is 18.9 Å². The first-order valence-electron chi connectivity index (χ1n) is 7.10. The minimum absolute atomic E-state index is 0.198. The zero-order chi connectivity index (χ0) is 14.7. The van der Waals surface area contributed by atoms with Crippen molar-refractivity contribution >= 4 is 11.6 Å². The van der Waals surface area contributed by atoms with Crippen LogP contribution in [0.4, 0.5) is 4.39 Å². The molecule has 0 unspecified atom stereocenters. The second-order valence-corrected chi connectivity index (χ2v) is 5.72. The van der Waals surface area contributed by atoms with Crippen LogP contribution in [-0.2, 0) is 13.2 Å². The third kappa shape index (κ3) is 3.96. The van der Waals surface area contributed by atoms with Crippen molar-refractivity contribution in [3.8, 4) is 5.75 Å². The predicted molar refractivity (Wildman–Crippen MR) is 82.0 cm³/mol. The van der Waals surface area contributed by atoms with E-state index in [1.54, 1.807) is 12.1 Å². The zero-order valence-electron chi connectivity index (χ0n) is 11.6. The van der Waals surface area contributed by atoms with E-state index in [4.69, 9.17) is 16.3 Å². The average Bonchev–Trinajstić information content (AvgIpc) is 3.29. The molecule has 1 aliphatic rings. The van der Waals surface area contributed by atoms with E-state index in [0.29, 0.717) is 16.6 Å². The molecule has 3 rings (SSSR count). The lowest BCUT2D eigenvalue weighted by Gasteiger charge is -2.12. The molecule has 0 radical (unpaired) electrons. The summed E-state index contributed by atoms with van der Waals surface area (Å²) in [6.45, 7) is 0.980. The molecule has 1 aliphatic carbocycles. The van der Waals surface area contributed by atoms with Gasteiger partial charge in [0, 0.05) is 28.7 Å². The molecule has 1 saturated carbocycles. The largest absolute Gasteiger partial charge is 0.488 e. The van der Waals surface area contributed by atoms with Gasteiger partial charge in [0.05, 0.1) is 0 Å². The molecule has 0 heterocycles. The van der Waals surface area contributed by atoms with Gasteiger partial charge < -0.3 is 10.1 Å². The maximum absolute atomic E-state index is 13.7. The van der Waals surface area contributed by atoms with Crippen LogP contribution in [0.2, 0.25) is 5.02 Å². The molecule has 0 amide bonds. The first-order valence-corrected chi connectivity index (χ1v) is 7.48. The summed E-state index contributed by atoms with van der Waals surface area (Å²) in [5.74, 6) is 0.455. The minimum atomic E-state index is -0.337. The van der Waals surface area contributed by atoms with E-state index < -0.39 is 0 Å². The van der Waals surface area contributed by atoms with Crippen molar-refractivity contribution in [3.05, 3.63) is 64.4 Å². The summed E-state index contributed by atoms with van der Waals surface area (Å²) in [5.41, 5.74) is 1.60. The van der Waals surface area contributed by atoms with E-state index in [1.807, 2.05) is 24.3 Å². The number of halogens is 2. The van der Waals surface area contributed by atoms with Gasteiger partial charge in [-0.15, -0.1) is 0 Å². The lowest BCUT2D eigenvalue weighted by molar-refractivity contribution is 0.296. The van der Waals surface area contributed by atoms with Crippen molar-refractivity contribution in [2.45, 2.75) is 32.0 Å². The lowest BCUT2D eigenvalue weighted by Crippen LogP contribution is -2.16. The van der Waals surface area contributed by atoms with E-state index in [-0.39, 0.29) is 12.4 Å². The summed E-state index contributed by atoms with van der Waals surface area (Å²) in [7, 11) is 0. The maximum atomic E-state index is 13.7. The number of rotatable bonds is 6. The molecule has 0 saturated heterocycles. The number of hydrogen-bond acceptors (Lipinski definition) is 2. The number of nitrogens with one attached hydrogen (secondary N) is 1. The van der Waals surface area contributed by atoms with Gasteiger partial charge in [0.1, 0.15) is 18.2 Å². The third-order valence-electron chi connectivity index (χ3n) is 3.53. The van der Waals surface area contributed by atoms with Gasteiger partial charge in [-0.25, -0.2) is 4.39 Å². The van der Waals surface area contributed by atoms with E-state index in [9.17, 15) is 4.39 Å². The summed E-state index contributed by atoms with van der Waals surface area (Å²) in [5, 5.41) is 3.85.